The van der Waals surface area contributed by atoms with Crippen LogP contribution in [0.15, 0.2) is 37.2 Å². The first-order valence-corrected chi connectivity index (χ1v) is 6.36. The second-order valence-electron chi connectivity index (χ2n) is 4.16. The van der Waals surface area contributed by atoms with Crippen LogP contribution in [0.1, 0.15) is 0 Å². The molecule has 19 heavy (non-hydrogen) atoms. The molecule has 3 heterocycles. The maximum Gasteiger partial charge on any atom is 0.168 e. The van der Waals surface area contributed by atoms with Gasteiger partial charge in [-0.1, -0.05) is 0 Å². The van der Waals surface area contributed by atoms with E-state index in [1.54, 1.807) is 10.9 Å². The van der Waals surface area contributed by atoms with Crippen molar-refractivity contribution in [3.8, 4) is 17.3 Å². The van der Waals surface area contributed by atoms with Crippen LogP contribution in [0.4, 0.5) is 0 Å². The fourth-order valence-corrected chi connectivity index (χ4v) is 2.04. The molecule has 0 unspecified atom stereocenters. The van der Waals surface area contributed by atoms with Crippen molar-refractivity contribution in [3.63, 3.8) is 0 Å². The molecule has 0 spiro atoms. The third kappa shape index (κ3) is 2.20. The SMILES string of the molecule is O[C@@H](CCl)Cn1cnc(-n2cccc2)c2ncnc1-2. The lowest BCUT2D eigenvalue weighted by Gasteiger charge is -2.15. The highest BCUT2D eigenvalue weighted by Crippen LogP contribution is 2.23. The molecule has 0 saturated carbocycles. The molecule has 0 aromatic carbocycles. The second-order valence-corrected chi connectivity index (χ2v) is 4.47. The number of aliphatic hydroxyl groups is 1. The highest BCUT2D eigenvalue weighted by molar-refractivity contribution is 6.18. The van der Waals surface area contributed by atoms with Crippen molar-refractivity contribution < 1.29 is 5.11 Å². The number of rotatable bonds is 4. The standard InChI is InChI=1S/C12H12ClN5O/c13-5-9(19)6-18-8-16-12(17-3-1-2-4-17)10-11(18)15-7-14-10/h1-4,7-9,19H,5-6H2/t9-/m0/s1. The summed E-state index contributed by atoms with van der Waals surface area (Å²) in [5.74, 6) is 1.57. The van der Waals surface area contributed by atoms with E-state index in [1.807, 2.05) is 29.1 Å². The van der Waals surface area contributed by atoms with Crippen molar-refractivity contribution in [1.82, 2.24) is 24.1 Å². The Balaban J connectivity index is 2.05. The summed E-state index contributed by atoms with van der Waals surface area (Å²) in [6.45, 7) is 0.345. The van der Waals surface area contributed by atoms with Crippen LogP contribution in [0.3, 0.4) is 0 Å². The van der Waals surface area contributed by atoms with Crippen LogP contribution in [0.25, 0.3) is 17.3 Å². The van der Waals surface area contributed by atoms with Crippen LogP contribution in [0, 0.1) is 0 Å². The van der Waals surface area contributed by atoms with Crippen LogP contribution >= 0.6 is 11.6 Å². The molecule has 1 atom stereocenters. The zero-order valence-corrected chi connectivity index (χ0v) is 10.8. The van der Waals surface area contributed by atoms with Crippen LogP contribution in [0.2, 0.25) is 0 Å². The monoisotopic (exact) mass is 277 g/mol. The predicted molar refractivity (Wildman–Crippen MR) is 70.5 cm³/mol. The Morgan fingerprint density at radius 3 is 2.74 bits per heavy atom. The van der Waals surface area contributed by atoms with Crippen molar-refractivity contribution in [3.05, 3.63) is 37.2 Å². The van der Waals surface area contributed by atoms with Gasteiger partial charge >= 0.3 is 0 Å². The first-order chi connectivity index (χ1) is 9.29. The average Bonchev–Trinajstić information content (AvgIpc) is 3.10. The Labute approximate surface area is 114 Å². The van der Waals surface area contributed by atoms with E-state index in [9.17, 15) is 5.11 Å². The lowest BCUT2D eigenvalue weighted by molar-refractivity contribution is 0.176. The quantitative estimate of drug-likeness (QED) is 0.727. The minimum absolute atomic E-state index is 0.169. The van der Waals surface area contributed by atoms with Crippen molar-refractivity contribution in [2.24, 2.45) is 0 Å². The summed E-state index contributed by atoms with van der Waals surface area (Å²) in [6, 6.07) is 3.84. The van der Waals surface area contributed by atoms with Crippen molar-refractivity contribution >= 4 is 11.6 Å². The van der Waals surface area contributed by atoms with Gasteiger partial charge in [0.25, 0.3) is 0 Å². The number of imidazole rings is 1. The summed E-state index contributed by atoms with van der Waals surface area (Å²) in [5, 5.41) is 9.63. The third-order valence-corrected chi connectivity index (χ3v) is 3.17. The van der Waals surface area contributed by atoms with E-state index in [0.717, 1.165) is 0 Å². The Morgan fingerprint density at radius 2 is 2.00 bits per heavy atom. The smallest absolute Gasteiger partial charge is 0.168 e. The van der Waals surface area contributed by atoms with Crippen LogP contribution in [0.5, 0.6) is 0 Å². The van der Waals surface area contributed by atoms with Gasteiger partial charge < -0.3 is 14.2 Å². The normalized spacial score (nSPS) is 12.9. The van der Waals surface area contributed by atoms with Gasteiger partial charge in [0.1, 0.15) is 6.33 Å². The summed E-state index contributed by atoms with van der Waals surface area (Å²) in [6.07, 6.45) is 6.29. The number of alkyl halides is 1. The first-order valence-electron chi connectivity index (χ1n) is 5.83. The van der Waals surface area contributed by atoms with Gasteiger partial charge in [-0.05, 0) is 12.1 Å². The van der Waals surface area contributed by atoms with Crippen molar-refractivity contribution in [1.29, 1.82) is 0 Å². The molecule has 3 rings (SSSR count). The highest BCUT2D eigenvalue weighted by atomic mass is 35.5. The third-order valence-electron chi connectivity index (χ3n) is 2.82. The zero-order chi connectivity index (χ0) is 13.2. The Morgan fingerprint density at radius 1 is 1.21 bits per heavy atom. The molecule has 1 N–H and O–H groups in total. The van der Waals surface area contributed by atoms with Crippen LogP contribution in [-0.4, -0.2) is 41.2 Å². The summed E-state index contributed by atoms with van der Waals surface area (Å²) < 4.78 is 3.63. The average molecular weight is 278 g/mol. The highest BCUT2D eigenvalue weighted by Gasteiger charge is 2.18. The second kappa shape index (κ2) is 4.99. The van der Waals surface area contributed by atoms with E-state index < -0.39 is 6.10 Å². The van der Waals surface area contributed by atoms with E-state index in [0.29, 0.717) is 23.9 Å². The van der Waals surface area contributed by atoms with Gasteiger partial charge in [-0.2, -0.15) is 0 Å². The molecule has 1 aromatic rings. The van der Waals surface area contributed by atoms with Crippen LogP contribution in [-0.2, 0) is 6.54 Å². The van der Waals surface area contributed by atoms with Gasteiger partial charge in [-0.15, -0.1) is 11.6 Å². The van der Waals surface area contributed by atoms with Crippen molar-refractivity contribution in [2.75, 3.05) is 5.88 Å². The van der Waals surface area contributed by atoms with Gasteiger partial charge in [0.15, 0.2) is 17.3 Å². The molecule has 7 heteroatoms. The molecule has 1 aromatic heterocycles. The van der Waals surface area contributed by atoms with Crippen molar-refractivity contribution in [2.45, 2.75) is 12.6 Å². The molecular formula is C12H12ClN5O. The number of hydrogen-bond donors (Lipinski definition) is 1. The molecule has 0 radical (unpaired) electrons. The minimum Gasteiger partial charge on any atom is -0.390 e. The van der Waals surface area contributed by atoms with Crippen LogP contribution < -0.4 is 0 Å². The van der Waals surface area contributed by atoms with E-state index in [2.05, 4.69) is 15.0 Å². The molecular weight excluding hydrogens is 266 g/mol. The van der Waals surface area contributed by atoms with Gasteiger partial charge in [0, 0.05) is 12.4 Å². The summed E-state index contributed by atoms with van der Waals surface area (Å²) in [5.41, 5.74) is 0.695. The lowest BCUT2D eigenvalue weighted by Crippen LogP contribution is -2.20. The summed E-state index contributed by atoms with van der Waals surface area (Å²) >= 11 is 5.62. The number of hydrogen-bond acceptors (Lipinski definition) is 4. The lowest BCUT2D eigenvalue weighted by atomic mass is 10.3. The topological polar surface area (TPSA) is 68.8 Å². The van der Waals surface area contributed by atoms with E-state index >= 15 is 0 Å². The fourth-order valence-electron chi connectivity index (χ4n) is 1.94. The number of fused-ring (bicyclic) bond motifs is 1. The fraction of sp³-hybridized carbons (Fsp3) is 0.250. The number of aromatic nitrogens is 5. The molecule has 6 nitrogen and oxygen atoms in total. The van der Waals surface area contributed by atoms with Gasteiger partial charge in [-0.25, -0.2) is 15.0 Å². The largest absolute Gasteiger partial charge is 0.390 e. The summed E-state index contributed by atoms with van der Waals surface area (Å²) in [4.78, 5) is 12.8. The molecule has 98 valence electrons. The summed E-state index contributed by atoms with van der Waals surface area (Å²) in [7, 11) is 0. The van der Waals surface area contributed by atoms with Gasteiger partial charge in [0.2, 0.25) is 0 Å². The maximum absolute atomic E-state index is 9.63. The molecule has 0 saturated heterocycles. The molecule has 2 aliphatic heterocycles. The molecule has 0 aliphatic carbocycles. The number of nitrogens with zero attached hydrogens (tertiary/aromatic N) is 5. The zero-order valence-electron chi connectivity index (χ0n) is 10.0. The Bertz CT molecular complexity index is 636. The van der Waals surface area contributed by atoms with E-state index in [1.165, 1.54) is 6.33 Å². The Kier molecular flexibility index (Phi) is 3.18. The molecule has 0 amide bonds. The van der Waals surface area contributed by atoms with Gasteiger partial charge in [0.05, 0.1) is 24.9 Å². The number of aliphatic hydroxyl groups excluding tert-OH is 1. The van der Waals surface area contributed by atoms with E-state index in [-0.39, 0.29) is 5.88 Å². The molecule has 0 bridgehead atoms. The first kappa shape index (κ1) is 12.1. The number of halogens is 1. The maximum atomic E-state index is 9.63. The Hall–Kier alpha value is -1.92. The van der Waals surface area contributed by atoms with Gasteiger partial charge in [-0.3, -0.25) is 0 Å². The van der Waals surface area contributed by atoms with E-state index in [4.69, 9.17) is 11.6 Å². The minimum atomic E-state index is -0.634. The molecule has 2 aliphatic rings. The molecule has 0 fully saturated rings. The predicted octanol–water partition coefficient (Wildman–Crippen LogP) is 1.17.